The van der Waals surface area contributed by atoms with Crippen LogP contribution in [0.25, 0.3) is 0 Å². The number of hydrogen-bond acceptors (Lipinski definition) is 2. The van der Waals surface area contributed by atoms with Gasteiger partial charge in [-0.05, 0) is 19.8 Å². The van der Waals surface area contributed by atoms with Gasteiger partial charge in [0.2, 0.25) is 0 Å². The molecule has 0 bridgehead atoms. The molecule has 0 unspecified atom stereocenters. The normalized spacial score (nSPS) is 21.5. The average Bonchev–Trinajstić information content (AvgIpc) is 2.31. The highest BCUT2D eigenvalue weighted by Gasteiger charge is 2.17. The smallest absolute Gasteiger partial charge is 0.305 e. The van der Waals surface area contributed by atoms with Gasteiger partial charge >= 0.3 is 5.97 Å². The molecule has 0 aromatic carbocycles. The van der Waals surface area contributed by atoms with E-state index in [9.17, 15) is 4.79 Å². The summed E-state index contributed by atoms with van der Waals surface area (Å²) in [6.45, 7) is 1.85. The van der Waals surface area contributed by atoms with E-state index in [0.29, 0.717) is 6.10 Å². The van der Waals surface area contributed by atoms with Crippen molar-refractivity contribution in [2.24, 2.45) is 0 Å². The van der Waals surface area contributed by atoms with E-state index >= 15 is 0 Å². The Hall–Kier alpha value is -0.570. The maximum Gasteiger partial charge on any atom is 0.305 e. The van der Waals surface area contributed by atoms with Crippen molar-refractivity contribution in [1.29, 1.82) is 0 Å². The first kappa shape index (κ1) is 11.5. The molecule has 1 aliphatic rings. The Bertz CT molecular complexity index is 171. The lowest BCUT2D eigenvalue weighted by Gasteiger charge is -2.19. The summed E-state index contributed by atoms with van der Waals surface area (Å²) in [7, 11) is 0. The van der Waals surface area contributed by atoms with Gasteiger partial charge in [-0.1, -0.05) is 25.7 Å². The van der Waals surface area contributed by atoms with E-state index in [1.54, 1.807) is 0 Å². The van der Waals surface area contributed by atoms with Crippen LogP contribution in [0, 0.1) is 0 Å². The maximum absolute atomic E-state index is 10.4. The van der Waals surface area contributed by atoms with Crippen LogP contribution in [0.1, 0.15) is 51.9 Å². The Morgan fingerprint density at radius 3 is 2.43 bits per heavy atom. The average molecular weight is 200 g/mol. The Balaban J connectivity index is 2.23. The van der Waals surface area contributed by atoms with Gasteiger partial charge in [0.05, 0.1) is 18.6 Å². The van der Waals surface area contributed by atoms with E-state index < -0.39 is 5.97 Å². The SMILES string of the molecule is C[C@H](CC(=O)O)OC1CCCCCC1. The van der Waals surface area contributed by atoms with Crippen LogP contribution in [0.4, 0.5) is 0 Å². The molecule has 0 spiro atoms. The molecule has 3 heteroatoms. The van der Waals surface area contributed by atoms with Crippen molar-refractivity contribution in [3.05, 3.63) is 0 Å². The van der Waals surface area contributed by atoms with Gasteiger partial charge in [-0.2, -0.15) is 0 Å². The lowest BCUT2D eigenvalue weighted by Crippen LogP contribution is -2.21. The summed E-state index contributed by atoms with van der Waals surface area (Å²) in [5, 5.41) is 8.59. The molecule has 14 heavy (non-hydrogen) atoms. The number of carboxylic acid groups (broad SMARTS) is 1. The Morgan fingerprint density at radius 2 is 1.93 bits per heavy atom. The molecule has 1 fully saturated rings. The molecule has 0 amide bonds. The zero-order chi connectivity index (χ0) is 10.4. The monoisotopic (exact) mass is 200 g/mol. The summed E-state index contributed by atoms with van der Waals surface area (Å²) < 4.78 is 5.70. The summed E-state index contributed by atoms with van der Waals surface area (Å²) in [6, 6.07) is 0. The molecule has 0 saturated heterocycles. The second kappa shape index (κ2) is 6.02. The van der Waals surface area contributed by atoms with Crippen LogP contribution in [0.5, 0.6) is 0 Å². The van der Waals surface area contributed by atoms with Crippen molar-refractivity contribution in [3.63, 3.8) is 0 Å². The quantitative estimate of drug-likeness (QED) is 0.709. The van der Waals surface area contributed by atoms with Gasteiger partial charge in [0.1, 0.15) is 0 Å². The summed E-state index contributed by atoms with van der Waals surface area (Å²) >= 11 is 0. The fourth-order valence-electron chi connectivity index (χ4n) is 2.00. The largest absolute Gasteiger partial charge is 0.481 e. The summed E-state index contributed by atoms with van der Waals surface area (Å²) in [5.74, 6) is -0.772. The number of carboxylic acids is 1. The standard InChI is InChI=1S/C11H20O3/c1-9(8-11(12)13)14-10-6-4-2-3-5-7-10/h9-10H,2-8H2,1H3,(H,12,13)/t9-/m1/s1. The van der Waals surface area contributed by atoms with Gasteiger partial charge in [-0.15, -0.1) is 0 Å². The van der Waals surface area contributed by atoms with Crippen molar-refractivity contribution < 1.29 is 14.6 Å². The van der Waals surface area contributed by atoms with Crippen molar-refractivity contribution in [2.45, 2.75) is 64.1 Å². The van der Waals surface area contributed by atoms with Crippen molar-refractivity contribution in [2.75, 3.05) is 0 Å². The Kier molecular flexibility index (Phi) is 4.94. The van der Waals surface area contributed by atoms with Crippen LogP contribution in [0.3, 0.4) is 0 Å². The summed E-state index contributed by atoms with van der Waals surface area (Å²) in [6.07, 6.45) is 7.53. The molecule has 1 rings (SSSR count). The van der Waals surface area contributed by atoms with Crippen molar-refractivity contribution in [1.82, 2.24) is 0 Å². The van der Waals surface area contributed by atoms with E-state index in [1.165, 1.54) is 25.7 Å². The number of rotatable bonds is 4. The number of carbonyl (C=O) groups is 1. The molecule has 1 N–H and O–H groups in total. The zero-order valence-corrected chi connectivity index (χ0v) is 8.87. The Morgan fingerprint density at radius 1 is 1.36 bits per heavy atom. The number of ether oxygens (including phenoxy) is 1. The van der Waals surface area contributed by atoms with Gasteiger partial charge < -0.3 is 9.84 Å². The highest BCUT2D eigenvalue weighted by atomic mass is 16.5. The minimum Gasteiger partial charge on any atom is -0.481 e. The summed E-state index contributed by atoms with van der Waals surface area (Å²) in [5.41, 5.74) is 0. The molecule has 0 radical (unpaired) electrons. The van der Waals surface area contributed by atoms with Gasteiger partial charge in [-0.25, -0.2) is 0 Å². The molecule has 0 heterocycles. The molecular formula is C11H20O3. The zero-order valence-electron chi connectivity index (χ0n) is 8.87. The van der Waals surface area contributed by atoms with Gasteiger partial charge in [-0.3, -0.25) is 4.79 Å². The molecular weight excluding hydrogens is 180 g/mol. The first-order valence-corrected chi connectivity index (χ1v) is 5.55. The van der Waals surface area contributed by atoms with E-state index in [2.05, 4.69) is 0 Å². The lowest BCUT2D eigenvalue weighted by atomic mass is 10.1. The third-order valence-corrected chi connectivity index (χ3v) is 2.69. The van der Waals surface area contributed by atoms with E-state index in [-0.39, 0.29) is 12.5 Å². The minimum atomic E-state index is -0.772. The molecule has 1 aliphatic carbocycles. The van der Waals surface area contributed by atoms with Crippen LogP contribution in [0.15, 0.2) is 0 Å². The highest BCUT2D eigenvalue weighted by molar-refractivity contribution is 5.67. The summed E-state index contributed by atoms with van der Waals surface area (Å²) in [4.78, 5) is 10.4. The molecule has 0 aromatic heterocycles. The van der Waals surface area contributed by atoms with Crippen molar-refractivity contribution in [3.8, 4) is 0 Å². The first-order valence-electron chi connectivity index (χ1n) is 5.55. The highest BCUT2D eigenvalue weighted by Crippen LogP contribution is 2.21. The second-order valence-corrected chi connectivity index (χ2v) is 4.16. The van der Waals surface area contributed by atoms with Crippen LogP contribution in [0.2, 0.25) is 0 Å². The maximum atomic E-state index is 10.4. The fourth-order valence-corrected chi connectivity index (χ4v) is 2.00. The molecule has 82 valence electrons. The third-order valence-electron chi connectivity index (χ3n) is 2.69. The Labute approximate surface area is 85.5 Å². The molecule has 1 atom stereocenters. The first-order chi connectivity index (χ1) is 6.68. The second-order valence-electron chi connectivity index (χ2n) is 4.16. The van der Waals surface area contributed by atoms with Crippen LogP contribution < -0.4 is 0 Å². The van der Waals surface area contributed by atoms with Crippen LogP contribution >= 0.6 is 0 Å². The van der Waals surface area contributed by atoms with Crippen LogP contribution in [-0.2, 0) is 9.53 Å². The van der Waals surface area contributed by atoms with E-state index in [0.717, 1.165) is 12.8 Å². The minimum absolute atomic E-state index is 0.122. The van der Waals surface area contributed by atoms with E-state index in [4.69, 9.17) is 9.84 Å². The van der Waals surface area contributed by atoms with E-state index in [1.807, 2.05) is 6.92 Å². The van der Waals surface area contributed by atoms with Gasteiger partial charge in [0, 0.05) is 0 Å². The van der Waals surface area contributed by atoms with Crippen molar-refractivity contribution >= 4 is 5.97 Å². The number of aliphatic carboxylic acids is 1. The predicted octanol–water partition coefficient (Wildman–Crippen LogP) is 2.59. The lowest BCUT2D eigenvalue weighted by molar-refractivity contribution is -0.141. The molecule has 0 aliphatic heterocycles. The molecule has 3 nitrogen and oxygen atoms in total. The predicted molar refractivity (Wildman–Crippen MR) is 54.3 cm³/mol. The number of hydrogen-bond donors (Lipinski definition) is 1. The van der Waals surface area contributed by atoms with Gasteiger partial charge in [0.15, 0.2) is 0 Å². The molecule has 0 aromatic rings. The van der Waals surface area contributed by atoms with Gasteiger partial charge in [0.25, 0.3) is 0 Å². The molecule has 1 saturated carbocycles. The fraction of sp³-hybridized carbons (Fsp3) is 0.909. The third kappa shape index (κ3) is 4.61. The topological polar surface area (TPSA) is 46.5 Å². The van der Waals surface area contributed by atoms with Crippen LogP contribution in [-0.4, -0.2) is 23.3 Å².